The zero-order valence-electron chi connectivity index (χ0n) is 7.98. The summed E-state index contributed by atoms with van der Waals surface area (Å²) in [6.07, 6.45) is 0.577. The predicted molar refractivity (Wildman–Crippen MR) is 53.8 cm³/mol. The third-order valence-corrected chi connectivity index (χ3v) is 2.80. The van der Waals surface area contributed by atoms with E-state index in [0.717, 1.165) is 5.56 Å². The van der Waals surface area contributed by atoms with E-state index in [1.807, 2.05) is 30.3 Å². The predicted octanol–water partition coefficient (Wildman–Crippen LogP) is 0.228. The number of β-amino-alcohol motifs (C(OH)–C–C–N with tert-alkyl or cyclic N) is 1. The fourth-order valence-corrected chi connectivity index (χ4v) is 1.96. The zero-order valence-corrected chi connectivity index (χ0v) is 7.98. The first-order valence-corrected chi connectivity index (χ1v) is 4.87. The first kappa shape index (κ1) is 9.65. The normalized spacial score (nSPS) is 32.0. The number of aliphatic hydroxyl groups excluding tert-OH is 1. The summed E-state index contributed by atoms with van der Waals surface area (Å²) in [5.74, 6) is 0. The van der Waals surface area contributed by atoms with Crippen LogP contribution in [0.2, 0.25) is 0 Å². The average molecular weight is 193 g/mol. The monoisotopic (exact) mass is 193 g/mol. The smallest absolute Gasteiger partial charge is 0.104 e. The van der Waals surface area contributed by atoms with Crippen LogP contribution in [0.25, 0.3) is 0 Å². The van der Waals surface area contributed by atoms with E-state index in [0.29, 0.717) is 13.0 Å². The number of rotatable bonds is 2. The molecule has 3 heteroatoms. The molecular weight excluding hydrogens is 178 g/mol. The highest BCUT2D eigenvalue weighted by Crippen LogP contribution is 2.29. The first-order valence-electron chi connectivity index (χ1n) is 4.87. The molecule has 0 radical (unpaired) electrons. The van der Waals surface area contributed by atoms with Gasteiger partial charge in [-0.15, -0.1) is 0 Å². The number of hydrogen-bond acceptors (Lipinski definition) is 3. The Balaban J connectivity index is 2.19. The molecule has 1 aliphatic rings. The molecule has 76 valence electrons. The van der Waals surface area contributed by atoms with Gasteiger partial charge in [0.15, 0.2) is 0 Å². The lowest BCUT2D eigenvalue weighted by Gasteiger charge is -2.21. The second-order valence-electron chi connectivity index (χ2n) is 3.86. The summed E-state index contributed by atoms with van der Waals surface area (Å²) in [6, 6.07) is 9.61. The Morgan fingerprint density at radius 2 is 2.07 bits per heavy atom. The van der Waals surface area contributed by atoms with Crippen molar-refractivity contribution in [1.29, 1.82) is 0 Å². The van der Waals surface area contributed by atoms with Crippen LogP contribution in [-0.4, -0.2) is 29.4 Å². The fraction of sp³-hybridized carbons (Fsp3) is 0.455. The molecule has 1 fully saturated rings. The Bertz CT molecular complexity index is 301. The van der Waals surface area contributed by atoms with Crippen molar-refractivity contribution in [1.82, 2.24) is 5.32 Å². The van der Waals surface area contributed by atoms with Gasteiger partial charge in [-0.2, -0.15) is 0 Å². The van der Waals surface area contributed by atoms with Crippen molar-refractivity contribution in [3.8, 4) is 0 Å². The van der Waals surface area contributed by atoms with E-state index in [2.05, 4.69) is 5.32 Å². The third-order valence-electron chi connectivity index (χ3n) is 2.80. The molecule has 3 N–H and O–H groups in total. The summed E-state index contributed by atoms with van der Waals surface area (Å²) in [5.41, 5.74) is 0.109. The lowest BCUT2D eigenvalue weighted by atomic mass is 9.91. The van der Waals surface area contributed by atoms with E-state index >= 15 is 0 Å². The maximum atomic E-state index is 10.3. The van der Waals surface area contributed by atoms with Crippen molar-refractivity contribution in [2.75, 3.05) is 13.2 Å². The van der Waals surface area contributed by atoms with E-state index in [9.17, 15) is 5.11 Å². The Morgan fingerprint density at radius 3 is 2.64 bits per heavy atom. The van der Waals surface area contributed by atoms with Crippen molar-refractivity contribution in [2.24, 2.45) is 0 Å². The van der Waals surface area contributed by atoms with Crippen LogP contribution in [0.5, 0.6) is 0 Å². The number of hydrogen-bond donors (Lipinski definition) is 3. The van der Waals surface area contributed by atoms with E-state index in [4.69, 9.17) is 5.11 Å². The minimum Gasteiger partial charge on any atom is -0.395 e. The van der Waals surface area contributed by atoms with Gasteiger partial charge >= 0.3 is 0 Å². The molecule has 2 rings (SSSR count). The molecule has 1 saturated heterocycles. The molecule has 1 aromatic carbocycles. The Labute approximate surface area is 83.4 Å². The highest BCUT2D eigenvalue weighted by Gasteiger charge is 2.37. The van der Waals surface area contributed by atoms with Crippen LogP contribution in [0.4, 0.5) is 0 Å². The third kappa shape index (κ3) is 1.66. The first-order chi connectivity index (χ1) is 6.74. The summed E-state index contributed by atoms with van der Waals surface area (Å²) < 4.78 is 0. The summed E-state index contributed by atoms with van der Waals surface area (Å²) in [5, 5.41) is 22.4. The van der Waals surface area contributed by atoms with E-state index in [1.54, 1.807) is 0 Å². The minimum absolute atomic E-state index is 0.0141. The molecule has 0 aromatic heterocycles. The fourth-order valence-electron chi connectivity index (χ4n) is 1.96. The topological polar surface area (TPSA) is 52.5 Å². The molecule has 1 aliphatic heterocycles. The van der Waals surface area contributed by atoms with Crippen molar-refractivity contribution in [3.63, 3.8) is 0 Å². The lowest BCUT2D eigenvalue weighted by Crippen LogP contribution is -2.28. The molecule has 0 bridgehead atoms. The molecule has 1 unspecified atom stereocenters. The molecule has 0 amide bonds. The van der Waals surface area contributed by atoms with Gasteiger partial charge in [0.05, 0.1) is 6.61 Å². The number of benzene rings is 1. The van der Waals surface area contributed by atoms with Crippen molar-refractivity contribution in [2.45, 2.75) is 18.1 Å². The molecular formula is C11H15NO2. The van der Waals surface area contributed by atoms with Gasteiger partial charge in [0.2, 0.25) is 0 Å². The van der Waals surface area contributed by atoms with Crippen LogP contribution < -0.4 is 5.32 Å². The van der Waals surface area contributed by atoms with Gasteiger partial charge in [-0.25, -0.2) is 0 Å². The van der Waals surface area contributed by atoms with Crippen LogP contribution in [0.3, 0.4) is 0 Å². The SMILES string of the molecule is OC[C@@H]1CC(O)(c2ccccc2)CN1. The van der Waals surface area contributed by atoms with Crippen molar-refractivity contribution in [3.05, 3.63) is 35.9 Å². The van der Waals surface area contributed by atoms with Crippen molar-refractivity contribution < 1.29 is 10.2 Å². The van der Waals surface area contributed by atoms with Crippen molar-refractivity contribution >= 4 is 0 Å². The van der Waals surface area contributed by atoms with Gasteiger partial charge in [0, 0.05) is 12.6 Å². The second kappa shape index (κ2) is 3.69. The van der Waals surface area contributed by atoms with E-state index < -0.39 is 5.60 Å². The van der Waals surface area contributed by atoms with Gasteiger partial charge in [-0.1, -0.05) is 30.3 Å². The van der Waals surface area contributed by atoms with E-state index in [-0.39, 0.29) is 12.6 Å². The molecule has 1 heterocycles. The quantitative estimate of drug-likeness (QED) is 0.630. The van der Waals surface area contributed by atoms with Crippen LogP contribution >= 0.6 is 0 Å². The Kier molecular flexibility index (Phi) is 2.54. The molecule has 0 saturated carbocycles. The highest BCUT2D eigenvalue weighted by molar-refractivity contribution is 5.24. The standard InChI is InChI=1S/C11H15NO2/c13-7-10-6-11(14,8-12-10)9-4-2-1-3-5-9/h1-5,10,12-14H,6-8H2/t10-,11?/m0/s1. The van der Waals surface area contributed by atoms with Crippen LogP contribution in [0.1, 0.15) is 12.0 Å². The minimum atomic E-state index is -0.811. The summed E-state index contributed by atoms with van der Waals surface area (Å²) >= 11 is 0. The number of nitrogens with one attached hydrogen (secondary N) is 1. The van der Waals surface area contributed by atoms with Gasteiger partial charge in [0.1, 0.15) is 5.60 Å². The second-order valence-corrected chi connectivity index (χ2v) is 3.86. The largest absolute Gasteiger partial charge is 0.395 e. The van der Waals surface area contributed by atoms with E-state index in [1.165, 1.54) is 0 Å². The van der Waals surface area contributed by atoms with Gasteiger partial charge in [0.25, 0.3) is 0 Å². The van der Waals surface area contributed by atoms with Crippen LogP contribution in [-0.2, 0) is 5.60 Å². The zero-order chi connectivity index (χ0) is 10.0. The molecule has 1 aromatic rings. The molecule has 2 atom stereocenters. The molecule has 3 nitrogen and oxygen atoms in total. The molecule has 0 spiro atoms. The Hall–Kier alpha value is -0.900. The summed E-state index contributed by atoms with van der Waals surface area (Å²) in [6.45, 7) is 0.595. The maximum absolute atomic E-state index is 10.3. The number of aliphatic hydroxyl groups is 2. The van der Waals surface area contributed by atoms with Gasteiger partial charge in [-0.3, -0.25) is 0 Å². The van der Waals surface area contributed by atoms with Crippen LogP contribution in [0, 0.1) is 0 Å². The Morgan fingerprint density at radius 1 is 1.36 bits per heavy atom. The molecule has 0 aliphatic carbocycles. The lowest BCUT2D eigenvalue weighted by molar-refractivity contribution is 0.0536. The summed E-state index contributed by atoms with van der Waals surface area (Å²) in [4.78, 5) is 0. The van der Waals surface area contributed by atoms with Crippen LogP contribution in [0.15, 0.2) is 30.3 Å². The molecule has 14 heavy (non-hydrogen) atoms. The summed E-state index contributed by atoms with van der Waals surface area (Å²) in [7, 11) is 0. The van der Waals surface area contributed by atoms with Gasteiger partial charge < -0.3 is 15.5 Å². The van der Waals surface area contributed by atoms with Gasteiger partial charge in [-0.05, 0) is 12.0 Å². The maximum Gasteiger partial charge on any atom is 0.104 e. The average Bonchev–Trinajstić information content (AvgIpc) is 2.63. The highest BCUT2D eigenvalue weighted by atomic mass is 16.3.